The zero-order chi connectivity index (χ0) is 26.4. The Morgan fingerprint density at radius 2 is 1.65 bits per heavy atom. The number of fused-ring (bicyclic) bond motifs is 1. The molecule has 0 spiro atoms. The van der Waals surface area contributed by atoms with Crippen LogP contribution in [0.25, 0.3) is 10.2 Å². The maximum Gasteiger partial charge on any atom is 0.257 e. The summed E-state index contributed by atoms with van der Waals surface area (Å²) in [6, 6.07) is 27.8. The summed E-state index contributed by atoms with van der Waals surface area (Å²) >= 11 is 1.47. The van der Waals surface area contributed by atoms with Crippen LogP contribution in [0.3, 0.4) is 0 Å². The van der Waals surface area contributed by atoms with Crippen molar-refractivity contribution in [1.29, 1.82) is 0 Å². The predicted molar refractivity (Wildman–Crippen MR) is 154 cm³/mol. The molecule has 1 fully saturated rings. The van der Waals surface area contributed by atoms with E-state index in [0.717, 1.165) is 46.7 Å². The van der Waals surface area contributed by atoms with Crippen LogP contribution in [0.15, 0.2) is 97.3 Å². The van der Waals surface area contributed by atoms with Gasteiger partial charge in [0.1, 0.15) is 17.9 Å². The normalized spacial score (nSPS) is 13.1. The molecule has 0 aliphatic carbocycles. The minimum Gasteiger partial charge on any atom is -1.00 e. The highest BCUT2D eigenvalue weighted by atomic mass is 35.5. The van der Waals surface area contributed by atoms with Gasteiger partial charge in [-0.25, -0.2) is 9.55 Å². The van der Waals surface area contributed by atoms with Crippen LogP contribution >= 0.6 is 11.3 Å². The van der Waals surface area contributed by atoms with E-state index in [1.54, 1.807) is 0 Å². The second-order valence-electron chi connectivity index (χ2n) is 9.35. The lowest BCUT2D eigenvalue weighted by Gasteiger charge is -2.29. The van der Waals surface area contributed by atoms with Crippen molar-refractivity contribution in [2.45, 2.75) is 13.2 Å². The highest BCUT2D eigenvalue weighted by molar-refractivity contribution is 7.23. The Labute approximate surface area is 243 Å². The number of anilines is 2. The Hall–Kier alpha value is -3.98. The zero-order valence-corrected chi connectivity index (χ0v) is 23.4. The van der Waals surface area contributed by atoms with E-state index in [9.17, 15) is 4.79 Å². The van der Waals surface area contributed by atoms with Gasteiger partial charge in [-0.2, -0.15) is 0 Å². The van der Waals surface area contributed by atoms with Crippen LogP contribution in [0, 0.1) is 0 Å². The fraction of sp³-hybridized carbons (Fsp3) is 0.194. The van der Waals surface area contributed by atoms with Crippen LogP contribution < -0.4 is 31.9 Å². The molecule has 9 heteroatoms. The van der Waals surface area contributed by atoms with E-state index in [4.69, 9.17) is 14.5 Å². The summed E-state index contributed by atoms with van der Waals surface area (Å²) in [4.78, 5) is 20.3. The molecule has 40 heavy (non-hydrogen) atoms. The third-order valence-corrected chi connectivity index (χ3v) is 7.65. The third kappa shape index (κ3) is 6.42. The fourth-order valence-corrected chi connectivity index (χ4v) is 5.63. The average Bonchev–Trinajstić information content (AvgIpc) is 3.41. The van der Waals surface area contributed by atoms with Gasteiger partial charge < -0.3 is 26.8 Å². The van der Waals surface area contributed by atoms with E-state index in [-0.39, 0.29) is 18.3 Å². The van der Waals surface area contributed by atoms with Gasteiger partial charge in [-0.1, -0.05) is 59.9 Å². The van der Waals surface area contributed by atoms with Gasteiger partial charge in [0.05, 0.1) is 23.6 Å². The van der Waals surface area contributed by atoms with E-state index < -0.39 is 0 Å². The van der Waals surface area contributed by atoms with Gasteiger partial charge in [-0.15, -0.1) is 0 Å². The molecule has 0 atom stereocenters. The van der Waals surface area contributed by atoms with Crippen molar-refractivity contribution in [2.75, 3.05) is 36.5 Å². The predicted octanol–water partition coefficient (Wildman–Crippen LogP) is 2.30. The van der Waals surface area contributed by atoms with E-state index >= 15 is 0 Å². The van der Waals surface area contributed by atoms with Crippen LogP contribution in [0.5, 0.6) is 5.75 Å². The van der Waals surface area contributed by atoms with Gasteiger partial charge in [0, 0.05) is 36.3 Å². The van der Waals surface area contributed by atoms with Crippen LogP contribution in [0.1, 0.15) is 21.5 Å². The van der Waals surface area contributed by atoms with Crippen LogP contribution in [0.2, 0.25) is 0 Å². The number of hydrogen-bond donors (Lipinski definition) is 1. The Balaban J connectivity index is 0.00000323. The summed E-state index contributed by atoms with van der Waals surface area (Å²) in [5, 5.41) is 3.56. The number of aromatic nitrogens is 2. The molecule has 0 bridgehead atoms. The number of benzene rings is 3. The zero-order valence-electron chi connectivity index (χ0n) is 21.8. The van der Waals surface area contributed by atoms with Gasteiger partial charge in [-0.3, -0.25) is 10.1 Å². The molecule has 0 saturated carbocycles. The number of ether oxygens (including phenoxy) is 2. The van der Waals surface area contributed by atoms with Crippen molar-refractivity contribution in [3.63, 3.8) is 0 Å². The number of carbonyl (C=O) groups excluding carboxylic acids is 1. The minimum atomic E-state index is -0.187. The first-order valence-electron chi connectivity index (χ1n) is 13.0. The number of nitrogens with one attached hydrogen (secondary N) is 1. The second-order valence-corrected chi connectivity index (χ2v) is 10.4. The number of morpholine rings is 1. The molecule has 3 heterocycles. The molecular weight excluding hydrogens is 544 g/mol. The molecule has 3 aromatic carbocycles. The molecule has 1 aliphatic rings. The second kappa shape index (κ2) is 12.9. The van der Waals surface area contributed by atoms with Crippen molar-refractivity contribution in [1.82, 2.24) is 4.98 Å². The molecule has 0 radical (unpaired) electrons. The summed E-state index contributed by atoms with van der Waals surface area (Å²) < 4.78 is 14.8. The van der Waals surface area contributed by atoms with Gasteiger partial charge in [0.15, 0.2) is 24.1 Å². The van der Waals surface area contributed by atoms with Crippen LogP contribution in [0.4, 0.5) is 10.8 Å². The lowest BCUT2D eigenvalue weighted by molar-refractivity contribution is -0.688. The lowest BCUT2D eigenvalue weighted by Crippen LogP contribution is -3.00. The van der Waals surface area contributed by atoms with Gasteiger partial charge >= 0.3 is 0 Å². The fourth-order valence-electron chi connectivity index (χ4n) is 4.61. The summed E-state index contributed by atoms with van der Waals surface area (Å²) in [6.07, 6.45) is 4.05. The molecule has 1 saturated heterocycles. The van der Waals surface area contributed by atoms with E-state index in [1.807, 2.05) is 91.3 Å². The van der Waals surface area contributed by atoms with Crippen LogP contribution in [-0.4, -0.2) is 37.2 Å². The highest BCUT2D eigenvalue weighted by Crippen LogP contribution is 2.40. The Kier molecular flexibility index (Phi) is 8.91. The number of thiazole rings is 1. The quantitative estimate of drug-likeness (QED) is 0.289. The first kappa shape index (κ1) is 27.6. The van der Waals surface area contributed by atoms with E-state index in [0.29, 0.717) is 36.3 Å². The SMILES string of the molecule is O=C(Nc1nc2c(OCc3ccccc3)ccc(N3CCOCC3)c2s1)c1ccc(C[n+]2ccccc2)cc1.[Cl-]. The summed E-state index contributed by atoms with van der Waals surface area (Å²) in [5.41, 5.74) is 4.63. The molecular formula is C31H29ClN4O3S. The topological polar surface area (TPSA) is 67.6 Å². The van der Waals surface area contributed by atoms with Crippen molar-refractivity contribution >= 4 is 38.3 Å². The maximum absolute atomic E-state index is 13.1. The average molecular weight is 573 g/mol. The summed E-state index contributed by atoms with van der Waals surface area (Å²) in [6.45, 7) is 4.19. The molecule has 1 amide bonds. The van der Waals surface area contributed by atoms with Gasteiger partial charge in [0.2, 0.25) is 0 Å². The largest absolute Gasteiger partial charge is 1.00 e. The van der Waals surface area contributed by atoms with Crippen molar-refractivity contribution < 1.29 is 31.2 Å². The van der Waals surface area contributed by atoms with Crippen LogP contribution in [-0.2, 0) is 17.9 Å². The minimum absolute atomic E-state index is 0. The Morgan fingerprint density at radius 1 is 0.925 bits per heavy atom. The van der Waals surface area contributed by atoms with E-state index in [1.165, 1.54) is 11.3 Å². The number of carbonyl (C=O) groups is 1. The van der Waals surface area contributed by atoms with Gasteiger partial charge in [0.25, 0.3) is 5.91 Å². The smallest absolute Gasteiger partial charge is 0.257 e. The lowest BCUT2D eigenvalue weighted by atomic mass is 10.1. The molecule has 5 aromatic rings. The molecule has 2 aromatic heterocycles. The Bertz CT molecular complexity index is 1560. The van der Waals surface area contributed by atoms with E-state index in [2.05, 4.69) is 20.9 Å². The summed E-state index contributed by atoms with van der Waals surface area (Å²) in [5.74, 6) is 0.512. The number of pyridine rings is 1. The maximum atomic E-state index is 13.1. The number of rotatable bonds is 8. The molecule has 204 valence electrons. The van der Waals surface area contributed by atoms with Crippen molar-refractivity contribution in [3.05, 3.63) is 114 Å². The highest BCUT2D eigenvalue weighted by Gasteiger charge is 2.20. The molecule has 6 rings (SSSR count). The number of halogens is 1. The molecule has 0 unspecified atom stereocenters. The monoisotopic (exact) mass is 572 g/mol. The van der Waals surface area contributed by atoms with Crippen molar-refractivity contribution in [2.24, 2.45) is 0 Å². The molecule has 7 nitrogen and oxygen atoms in total. The first-order chi connectivity index (χ1) is 19.2. The third-order valence-electron chi connectivity index (χ3n) is 6.65. The standard InChI is InChI=1S/C31H28N4O3S.ClH/c36-30(25-11-9-23(10-12-25)21-34-15-5-2-6-16-34)33-31-32-28-27(38-22-24-7-3-1-4-8-24)14-13-26(29(28)39-31)35-17-19-37-20-18-35;/h1-16H,17-22H2;1H. The Morgan fingerprint density at radius 3 is 2.40 bits per heavy atom. The van der Waals surface area contributed by atoms with Crippen molar-refractivity contribution in [3.8, 4) is 5.75 Å². The first-order valence-corrected chi connectivity index (χ1v) is 13.8. The molecule has 1 aliphatic heterocycles. The molecule has 1 N–H and O–H groups in total. The van der Waals surface area contributed by atoms with Gasteiger partial charge in [-0.05, 0) is 29.8 Å². The number of nitrogens with zero attached hydrogens (tertiary/aromatic N) is 3. The number of hydrogen-bond acceptors (Lipinski definition) is 6. The number of amides is 1. The summed E-state index contributed by atoms with van der Waals surface area (Å²) in [7, 11) is 0.